The van der Waals surface area contributed by atoms with Crippen molar-refractivity contribution in [3.05, 3.63) is 58.1 Å². The molecule has 0 radical (unpaired) electrons. The Hall–Kier alpha value is -2.37. The molecule has 2 aromatic carbocycles. The van der Waals surface area contributed by atoms with E-state index in [1.807, 2.05) is 6.07 Å². The van der Waals surface area contributed by atoms with Crippen molar-refractivity contribution in [2.75, 3.05) is 12.4 Å². The van der Waals surface area contributed by atoms with Gasteiger partial charge in [-0.25, -0.2) is 8.42 Å². The first-order chi connectivity index (χ1) is 12.3. The zero-order valence-electron chi connectivity index (χ0n) is 13.9. The summed E-state index contributed by atoms with van der Waals surface area (Å²) in [6.45, 7) is 2.05. The van der Waals surface area contributed by atoms with Crippen LogP contribution >= 0.6 is 15.9 Å². The Bertz CT molecular complexity index is 950. The molecule has 2 rings (SSSR count). The highest BCUT2D eigenvalue weighted by Gasteiger charge is 2.21. The molecule has 6 nitrogen and oxygen atoms in total. The van der Waals surface area contributed by atoms with Gasteiger partial charge in [0.15, 0.2) is 21.3 Å². The van der Waals surface area contributed by atoms with E-state index in [1.54, 1.807) is 31.2 Å². The summed E-state index contributed by atoms with van der Waals surface area (Å²) in [6.07, 6.45) is 0. The number of ether oxygens (including phenoxy) is 2. The summed E-state index contributed by atoms with van der Waals surface area (Å²) in [4.78, 5) is 12.1. The molecular formula is C18H16BrNO5S. The van der Waals surface area contributed by atoms with Crippen molar-refractivity contribution in [2.45, 2.75) is 12.7 Å². The first-order valence-electron chi connectivity index (χ1n) is 7.65. The Labute approximate surface area is 160 Å². The van der Waals surface area contributed by atoms with E-state index in [2.05, 4.69) is 15.9 Å². The number of benzene rings is 2. The molecule has 0 bridgehead atoms. The molecule has 2 aromatic rings. The molecule has 0 atom stereocenters. The van der Waals surface area contributed by atoms with Crippen molar-refractivity contribution in [3.63, 3.8) is 0 Å². The molecule has 0 heterocycles. The second kappa shape index (κ2) is 8.83. The number of halogens is 1. The van der Waals surface area contributed by atoms with Gasteiger partial charge >= 0.3 is 5.97 Å². The third-order valence-corrected chi connectivity index (χ3v) is 5.15. The summed E-state index contributed by atoms with van der Waals surface area (Å²) < 4.78 is 35.7. The molecular weight excluding hydrogens is 422 g/mol. The van der Waals surface area contributed by atoms with Crippen molar-refractivity contribution in [1.29, 1.82) is 5.26 Å². The second-order valence-electron chi connectivity index (χ2n) is 5.34. The molecule has 8 heteroatoms. The van der Waals surface area contributed by atoms with Crippen molar-refractivity contribution in [1.82, 2.24) is 0 Å². The molecule has 0 fully saturated rings. The number of nitriles is 1. The van der Waals surface area contributed by atoms with Gasteiger partial charge in [0.1, 0.15) is 5.75 Å². The van der Waals surface area contributed by atoms with E-state index < -0.39 is 21.6 Å². The van der Waals surface area contributed by atoms with Crippen LogP contribution in [0.25, 0.3) is 0 Å². The largest absolute Gasteiger partial charge is 0.490 e. The highest BCUT2D eigenvalue weighted by molar-refractivity contribution is 9.10. The van der Waals surface area contributed by atoms with Gasteiger partial charge in [0, 0.05) is 10.5 Å². The molecule has 0 aromatic heterocycles. The standard InChI is InChI=1S/C18H16BrNO5S/c1-2-24-17-9-13(10-20)6-7-16(17)25-18(21)12-26(22,23)11-14-4-3-5-15(19)8-14/h3-9H,2,11-12H2,1H3. The van der Waals surface area contributed by atoms with Crippen LogP contribution in [0.4, 0.5) is 0 Å². The molecule has 0 saturated carbocycles. The molecule has 0 aliphatic rings. The molecule has 0 N–H and O–H groups in total. The smallest absolute Gasteiger partial charge is 0.326 e. The van der Waals surface area contributed by atoms with E-state index in [0.29, 0.717) is 17.7 Å². The topological polar surface area (TPSA) is 93.5 Å². The molecule has 0 amide bonds. The van der Waals surface area contributed by atoms with Gasteiger partial charge in [0.25, 0.3) is 0 Å². The molecule has 0 aliphatic carbocycles. The third-order valence-electron chi connectivity index (χ3n) is 3.21. The summed E-state index contributed by atoms with van der Waals surface area (Å²) in [5, 5.41) is 8.92. The second-order valence-corrected chi connectivity index (χ2v) is 8.32. The zero-order chi connectivity index (χ0) is 19.2. The number of carbonyl (C=O) groups excluding carboxylic acids is 1. The van der Waals surface area contributed by atoms with Crippen LogP contribution in [0, 0.1) is 11.3 Å². The highest BCUT2D eigenvalue weighted by atomic mass is 79.9. The quantitative estimate of drug-likeness (QED) is 0.487. The fourth-order valence-corrected chi connectivity index (χ4v) is 3.85. The molecule has 0 spiro atoms. The Morgan fingerprint density at radius 1 is 1.19 bits per heavy atom. The lowest BCUT2D eigenvalue weighted by molar-refractivity contribution is -0.131. The van der Waals surface area contributed by atoms with Crippen LogP contribution in [0.2, 0.25) is 0 Å². The third kappa shape index (κ3) is 5.86. The number of esters is 1. The molecule has 26 heavy (non-hydrogen) atoms. The lowest BCUT2D eigenvalue weighted by Gasteiger charge is -2.11. The number of hydrogen-bond acceptors (Lipinski definition) is 6. The summed E-state index contributed by atoms with van der Waals surface area (Å²) in [5.74, 6) is -1.65. The maximum atomic E-state index is 12.2. The predicted octanol–water partition coefficient (Wildman–Crippen LogP) is 3.24. The summed E-state index contributed by atoms with van der Waals surface area (Å²) in [6, 6.07) is 13.1. The average molecular weight is 438 g/mol. The lowest BCUT2D eigenvalue weighted by atomic mass is 10.2. The first kappa shape index (κ1) is 19.9. The van der Waals surface area contributed by atoms with E-state index >= 15 is 0 Å². The van der Waals surface area contributed by atoms with Crippen molar-refractivity contribution >= 4 is 31.7 Å². The van der Waals surface area contributed by atoms with Gasteiger partial charge in [0.05, 0.1) is 24.0 Å². The average Bonchev–Trinajstić information content (AvgIpc) is 2.55. The minimum absolute atomic E-state index is 0.0773. The Morgan fingerprint density at radius 3 is 2.62 bits per heavy atom. The van der Waals surface area contributed by atoms with Gasteiger partial charge in [-0.2, -0.15) is 5.26 Å². The minimum Gasteiger partial charge on any atom is -0.490 e. The van der Waals surface area contributed by atoms with Crippen LogP contribution in [0.5, 0.6) is 11.5 Å². The van der Waals surface area contributed by atoms with Gasteiger partial charge in [-0.1, -0.05) is 28.1 Å². The Morgan fingerprint density at radius 2 is 1.96 bits per heavy atom. The van der Waals surface area contributed by atoms with E-state index in [-0.39, 0.29) is 17.3 Å². The Balaban J connectivity index is 2.09. The normalized spacial score (nSPS) is 10.8. The lowest BCUT2D eigenvalue weighted by Crippen LogP contribution is -2.22. The highest BCUT2D eigenvalue weighted by Crippen LogP contribution is 2.28. The number of nitrogens with zero attached hydrogens (tertiary/aromatic N) is 1. The van der Waals surface area contributed by atoms with Gasteiger partial charge in [0.2, 0.25) is 0 Å². The summed E-state index contributed by atoms with van der Waals surface area (Å²) >= 11 is 3.28. The number of rotatable bonds is 7. The maximum absolute atomic E-state index is 12.2. The number of hydrogen-bond donors (Lipinski definition) is 0. The van der Waals surface area contributed by atoms with Gasteiger partial charge in [-0.3, -0.25) is 4.79 Å². The molecule has 136 valence electrons. The molecule has 0 saturated heterocycles. The van der Waals surface area contributed by atoms with E-state index in [1.165, 1.54) is 18.2 Å². The number of carbonyl (C=O) groups is 1. The fourth-order valence-electron chi connectivity index (χ4n) is 2.19. The monoisotopic (exact) mass is 437 g/mol. The fraction of sp³-hybridized carbons (Fsp3) is 0.222. The van der Waals surface area contributed by atoms with Crippen LogP contribution in [-0.2, 0) is 20.4 Å². The zero-order valence-corrected chi connectivity index (χ0v) is 16.3. The van der Waals surface area contributed by atoms with Gasteiger partial charge < -0.3 is 9.47 Å². The van der Waals surface area contributed by atoms with Gasteiger partial charge in [-0.15, -0.1) is 0 Å². The van der Waals surface area contributed by atoms with Crippen LogP contribution < -0.4 is 9.47 Å². The van der Waals surface area contributed by atoms with E-state index in [4.69, 9.17) is 14.7 Å². The molecule has 0 unspecified atom stereocenters. The van der Waals surface area contributed by atoms with Crippen LogP contribution in [0.3, 0.4) is 0 Å². The van der Waals surface area contributed by atoms with Gasteiger partial charge in [-0.05, 0) is 36.8 Å². The van der Waals surface area contributed by atoms with E-state index in [9.17, 15) is 13.2 Å². The van der Waals surface area contributed by atoms with Crippen molar-refractivity contribution < 1.29 is 22.7 Å². The maximum Gasteiger partial charge on any atom is 0.326 e. The number of sulfone groups is 1. The van der Waals surface area contributed by atoms with Crippen LogP contribution in [0.15, 0.2) is 46.9 Å². The molecule has 0 aliphatic heterocycles. The van der Waals surface area contributed by atoms with Crippen molar-refractivity contribution in [2.24, 2.45) is 0 Å². The van der Waals surface area contributed by atoms with Crippen LogP contribution in [0.1, 0.15) is 18.1 Å². The summed E-state index contributed by atoms with van der Waals surface area (Å²) in [7, 11) is -3.70. The SMILES string of the molecule is CCOc1cc(C#N)ccc1OC(=O)CS(=O)(=O)Cc1cccc(Br)c1. The first-order valence-corrected chi connectivity index (χ1v) is 10.3. The Kier molecular flexibility index (Phi) is 6.77. The minimum atomic E-state index is -3.70. The van der Waals surface area contributed by atoms with E-state index in [0.717, 1.165) is 4.47 Å². The van der Waals surface area contributed by atoms with Crippen LogP contribution in [-0.4, -0.2) is 26.7 Å². The summed E-state index contributed by atoms with van der Waals surface area (Å²) in [5.41, 5.74) is 0.913. The predicted molar refractivity (Wildman–Crippen MR) is 99.6 cm³/mol. The van der Waals surface area contributed by atoms with Crippen molar-refractivity contribution in [3.8, 4) is 17.6 Å².